The van der Waals surface area contributed by atoms with E-state index in [1.807, 2.05) is 43.7 Å². The lowest BCUT2D eigenvalue weighted by Crippen LogP contribution is -2.52. The smallest absolute Gasteiger partial charge is 0.410 e. The van der Waals surface area contributed by atoms with Crippen LogP contribution in [0.3, 0.4) is 0 Å². The first-order valence-electron chi connectivity index (χ1n) is 10.6. The van der Waals surface area contributed by atoms with Crippen LogP contribution < -0.4 is 5.32 Å². The summed E-state index contributed by atoms with van der Waals surface area (Å²) in [7, 11) is 0. The molecular formula is C22H25N7O3S. The number of ether oxygens (including phenoxy) is 1. The lowest BCUT2D eigenvalue weighted by atomic mass is 10.2. The van der Waals surface area contributed by atoms with Crippen molar-refractivity contribution in [3.63, 3.8) is 0 Å². The van der Waals surface area contributed by atoms with Gasteiger partial charge in [0.25, 0.3) is 0 Å². The van der Waals surface area contributed by atoms with Crippen LogP contribution in [0.2, 0.25) is 0 Å². The van der Waals surface area contributed by atoms with Crippen LogP contribution in [0, 0.1) is 11.3 Å². The number of pyridine rings is 1. The van der Waals surface area contributed by atoms with Crippen molar-refractivity contribution in [1.82, 2.24) is 24.3 Å². The molecule has 1 fully saturated rings. The van der Waals surface area contributed by atoms with E-state index in [0.29, 0.717) is 42.0 Å². The summed E-state index contributed by atoms with van der Waals surface area (Å²) in [6.07, 6.45) is 4.69. The van der Waals surface area contributed by atoms with Gasteiger partial charge in [-0.15, -0.1) is 0 Å². The van der Waals surface area contributed by atoms with Crippen LogP contribution in [0.25, 0.3) is 10.9 Å². The van der Waals surface area contributed by atoms with Crippen LogP contribution in [0.1, 0.15) is 25.6 Å². The Morgan fingerprint density at radius 1 is 1.18 bits per heavy atom. The number of nitriles is 1. The molecule has 2 amide bonds. The lowest BCUT2D eigenvalue weighted by molar-refractivity contribution is -0.133. The number of carbonyl (C=O) groups is 2. The predicted molar refractivity (Wildman–Crippen MR) is 124 cm³/mol. The van der Waals surface area contributed by atoms with E-state index in [1.165, 1.54) is 17.5 Å². The summed E-state index contributed by atoms with van der Waals surface area (Å²) in [4.78, 5) is 37.7. The highest BCUT2D eigenvalue weighted by molar-refractivity contribution is 7.16. The first-order valence-corrected chi connectivity index (χ1v) is 11.4. The second-order valence-corrected chi connectivity index (χ2v) is 9.68. The first kappa shape index (κ1) is 22.5. The topological polar surface area (TPSA) is 116 Å². The zero-order valence-corrected chi connectivity index (χ0v) is 19.6. The molecule has 4 rings (SSSR count). The normalized spacial score (nSPS) is 14.2. The number of fused-ring (bicyclic) bond motifs is 1. The van der Waals surface area contributed by atoms with Crippen LogP contribution in [0.4, 0.5) is 15.7 Å². The molecule has 33 heavy (non-hydrogen) atoms. The molecule has 3 aromatic heterocycles. The summed E-state index contributed by atoms with van der Waals surface area (Å²) in [5.41, 5.74) is 0.324. The van der Waals surface area contributed by atoms with Crippen molar-refractivity contribution in [2.24, 2.45) is 0 Å². The Labute approximate surface area is 195 Å². The zero-order chi connectivity index (χ0) is 23.6. The van der Waals surface area contributed by atoms with E-state index in [0.717, 1.165) is 10.9 Å². The maximum Gasteiger partial charge on any atom is 0.410 e. The molecule has 11 heteroatoms. The lowest BCUT2D eigenvalue weighted by Gasteiger charge is -2.35. The van der Waals surface area contributed by atoms with Gasteiger partial charge in [0.2, 0.25) is 5.91 Å². The summed E-state index contributed by atoms with van der Waals surface area (Å²) < 4.78 is 7.30. The van der Waals surface area contributed by atoms with Crippen molar-refractivity contribution >= 4 is 45.2 Å². The number of nitrogens with zero attached hydrogens (tertiary/aromatic N) is 6. The summed E-state index contributed by atoms with van der Waals surface area (Å²) in [6, 6.07) is 5.82. The highest BCUT2D eigenvalue weighted by Crippen LogP contribution is 2.27. The molecule has 1 saturated heterocycles. The fourth-order valence-electron chi connectivity index (χ4n) is 3.56. The molecule has 1 N–H and O–H groups in total. The minimum atomic E-state index is -0.542. The third kappa shape index (κ3) is 5.23. The largest absolute Gasteiger partial charge is 0.444 e. The van der Waals surface area contributed by atoms with Crippen LogP contribution >= 0.6 is 11.3 Å². The third-order valence-electron chi connectivity index (χ3n) is 5.13. The minimum Gasteiger partial charge on any atom is -0.444 e. The summed E-state index contributed by atoms with van der Waals surface area (Å²) in [5.74, 6) is 0.602. The van der Waals surface area contributed by atoms with E-state index in [9.17, 15) is 9.59 Å². The molecule has 4 heterocycles. The van der Waals surface area contributed by atoms with Gasteiger partial charge in [-0.2, -0.15) is 5.26 Å². The first-order chi connectivity index (χ1) is 15.7. The predicted octanol–water partition coefficient (Wildman–Crippen LogP) is 3.19. The molecule has 0 bridgehead atoms. The number of anilines is 2. The Hall–Kier alpha value is -3.65. The van der Waals surface area contributed by atoms with E-state index in [4.69, 9.17) is 10.00 Å². The second kappa shape index (κ2) is 9.07. The molecule has 0 spiro atoms. The molecule has 0 aliphatic carbocycles. The minimum absolute atomic E-state index is 0.0127. The van der Waals surface area contributed by atoms with E-state index in [-0.39, 0.29) is 18.5 Å². The van der Waals surface area contributed by atoms with Crippen LogP contribution in [-0.4, -0.2) is 68.1 Å². The van der Waals surface area contributed by atoms with Crippen molar-refractivity contribution in [1.29, 1.82) is 5.26 Å². The van der Waals surface area contributed by atoms with E-state index >= 15 is 0 Å². The average Bonchev–Trinajstić information content (AvgIpc) is 3.40. The van der Waals surface area contributed by atoms with Gasteiger partial charge >= 0.3 is 6.09 Å². The van der Waals surface area contributed by atoms with Gasteiger partial charge < -0.3 is 24.4 Å². The molecule has 0 saturated carbocycles. The Bertz CT molecular complexity index is 1210. The van der Waals surface area contributed by atoms with E-state index < -0.39 is 5.60 Å². The number of amides is 2. The maximum absolute atomic E-state index is 12.9. The Balaban J connectivity index is 1.40. The van der Waals surface area contributed by atoms with Gasteiger partial charge in [-0.05, 0) is 32.9 Å². The standard InChI is InChI=1S/C22H25N7O3S/c1-22(2,3)32-21(31)28-10-8-27(9-11-28)18(30)14-29-7-5-16-17(29)4-6-24-19(16)26-20-25-13-15(12-23)33-20/h4-7,13H,8-11,14H2,1-3H3,(H,24,25,26). The van der Waals surface area contributed by atoms with Gasteiger partial charge in [0, 0.05) is 44.0 Å². The monoisotopic (exact) mass is 467 g/mol. The Kier molecular flexibility index (Phi) is 6.20. The van der Waals surface area contributed by atoms with Crippen LogP contribution in [0.5, 0.6) is 0 Å². The molecule has 0 radical (unpaired) electrons. The molecule has 0 unspecified atom stereocenters. The van der Waals surface area contributed by atoms with E-state index in [1.54, 1.807) is 16.0 Å². The van der Waals surface area contributed by atoms with Crippen LogP contribution in [0.15, 0.2) is 30.7 Å². The van der Waals surface area contributed by atoms with Crippen molar-refractivity contribution in [2.45, 2.75) is 32.9 Å². The molecule has 3 aromatic rings. The molecular weight excluding hydrogens is 442 g/mol. The van der Waals surface area contributed by atoms with Gasteiger partial charge in [-0.3, -0.25) is 4.79 Å². The highest BCUT2D eigenvalue weighted by Gasteiger charge is 2.27. The Morgan fingerprint density at radius 2 is 1.91 bits per heavy atom. The number of hydrogen-bond donors (Lipinski definition) is 1. The van der Waals surface area contributed by atoms with Crippen molar-refractivity contribution < 1.29 is 14.3 Å². The summed E-state index contributed by atoms with van der Waals surface area (Å²) >= 11 is 1.25. The Morgan fingerprint density at radius 3 is 2.58 bits per heavy atom. The zero-order valence-electron chi connectivity index (χ0n) is 18.7. The molecule has 0 aromatic carbocycles. The van der Waals surface area contributed by atoms with Gasteiger partial charge in [0.1, 0.15) is 28.9 Å². The molecule has 10 nitrogen and oxygen atoms in total. The fraction of sp³-hybridized carbons (Fsp3) is 0.409. The highest BCUT2D eigenvalue weighted by atomic mass is 32.1. The number of piperazine rings is 1. The maximum atomic E-state index is 12.9. The number of nitrogens with one attached hydrogen (secondary N) is 1. The molecule has 0 atom stereocenters. The van der Waals surface area contributed by atoms with Crippen molar-refractivity contribution in [2.75, 3.05) is 31.5 Å². The number of aromatic nitrogens is 3. The molecule has 1 aliphatic heterocycles. The van der Waals surface area contributed by atoms with Gasteiger partial charge in [0.15, 0.2) is 5.13 Å². The number of rotatable bonds is 4. The van der Waals surface area contributed by atoms with Crippen molar-refractivity contribution in [3.05, 3.63) is 35.6 Å². The number of hydrogen-bond acceptors (Lipinski definition) is 8. The molecule has 172 valence electrons. The quantitative estimate of drug-likeness (QED) is 0.626. The van der Waals surface area contributed by atoms with Gasteiger partial charge in [0.05, 0.1) is 11.7 Å². The average molecular weight is 468 g/mol. The fourth-order valence-corrected chi connectivity index (χ4v) is 4.17. The van der Waals surface area contributed by atoms with E-state index in [2.05, 4.69) is 21.4 Å². The van der Waals surface area contributed by atoms with Gasteiger partial charge in [-0.25, -0.2) is 14.8 Å². The summed E-state index contributed by atoms with van der Waals surface area (Å²) in [5, 5.41) is 13.6. The number of carbonyl (C=O) groups excluding carboxylic acids is 2. The SMILES string of the molecule is CC(C)(C)OC(=O)N1CCN(C(=O)Cn2ccc3c(Nc4ncc(C#N)s4)nccc32)CC1. The van der Waals surface area contributed by atoms with Gasteiger partial charge in [-0.1, -0.05) is 11.3 Å². The third-order valence-corrected chi connectivity index (χ3v) is 5.95. The molecule has 1 aliphatic rings. The number of thiazole rings is 1. The van der Waals surface area contributed by atoms with Crippen molar-refractivity contribution in [3.8, 4) is 6.07 Å². The second-order valence-electron chi connectivity index (χ2n) is 8.65. The summed E-state index contributed by atoms with van der Waals surface area (Å²) in [6.45, 7) is 7.53. The van der Waals surface area contributed by atoms with Crippen LogP contribution in [-0.2, 0) is 16.1 Å².